The quantitative estimate of drug-likeness (QED) is 0.528. The van der Waals surface area contributed by atoms with Crippen LogP contribution in [0.25, 0.3) is 0 Å². The molecule has 0 aliphatic carbocycles. The van der Waals surface area contributed by atoms with Crippen LogP contribution in [-0.4, -0.2) is 36.9 Å². The lowest BCUT2D eigenvalue weighted by molar-refractivity contribution is 0.0626. The number of rotatable bonds is 10. The minimum Gasteiger partial charge on any atom is -0.494 e. The molecule has 1 amide bonds. The minimum absolute atomic E-state index is 0.0900. The molecule has 3 aromatic carbocycles. The van der Waals surface area contributed by atoms with Crippen molar-refractivity contribution in [2.75, 3.05) is 25.1 Å². The first-order chi connectivity index (χ1) is 14.6. The number of carbonyl (C=O) groups excluding carboxylic acids is 1. The third-order valence-electron chi connectivity index (χ3n) is 4.17. The van der Waals surface area contributed by atoms with E-state index < -0.39 is 6.10 Å². The Morgan fingerprint density at radius 1 is 0.800 bits per heavy atom. The molecule has 0 saturated carbocycles. The summed E-state index contributed by atoms with van der Waals surface area (Å²) in [7, 11) is 0. The monoisotopic (exact) mass is 407 g/mol. The van der Waals surface area contributed by atoms with Crippen LogP contribution >= 0.6 is 0 Å². The first-order valence-electron chi connectivity index (χ1n) is 9.77. The van der Waals surface area contributed by atoms with Crippen molar-refractivity contribution in [1.29, 1.82) is 0 Å². The van der Waals surface area contributed by atoms with Crippen LogP contribution in [0.15, 0.2) is 78.9 Å². The predicted molar refractivity (Wildman–Crippen MR) is 115 cm³/mol. The highest BCUT2D eigenvalue weighted by Gasteiger charge is 2.08. The summed E-state index contributed by atoms with van der Waals surface area (Å²) in [5, 5.41) is 12.9. The van der Waals surface area contributed by atoms with E-state index in [9.17, 15) is 9.90 Å². The summed E-state index contributed by atoms with van der Waals surface area (Å²) < 4.78 is 16.5. The molecule has 6 nitrogen and oxygen atoms in total. The van der Waals surface area contributed by atoms with Gasteiger partial charge in [-0.25, -0.2) is 0 Å². The maximum absolute atomic E-state index is 12.2. The van der Waals surface area contributed by atoms with Crippen LogP contribution in [0, 0.1) is 0 Å². The Morgan fingerprint density at radius 3 is 1.83 bits per heavy atom. The fourth-order valence-corrected chi connectivity index (χ4v) is 2.66. The zero-order chi connectivity index (χ0) is 21.2. The van der Waals surface area contributed by atoms with Gasteiger partial charge in [-0.05, 0) is 67.6 Å². The number of carbonyl (C=O) groups is 1. The van der Waals surface area contributed by atoms with Crippen LogP contribution in [-0.2, 0) is 0 Å². The molecular weight excluding hydrogens is 382 g/mol. The lowest BCUT2D eigenvalue weighted by atomic mass is 10.2. The van der Waals surface area contributed by atoms with Crippen LogP contribution in [0.5, 0.6) is 17.2 Å². The predicted octanol–water partition coefficient (Wildman–Crippen LogP) is 4.16. The number of ether oxygens (including phenoxy) is 3. The molecule has 3 rings (SSSR count). The molecule has 6 heteroatoms. The van der Waals surface area contributed by atoms with E-state index in [1.165, 1.54) is 0 Å². The average molecular weight is 407 g/mol. The molecule has 0 bridgehead atoms. The smallest absolute Gasteiger partial charge is 0.255 e. The minimum atomic E-state index is -0.783. The van der Waals surface area contributed by atoms with Gasteiger partial charge < -0.3 is 24.6 Å². The third-order valence-corrected chi connectivity index (χ3v) is 4.17. The zero-order valence-electron chi connectivity index (χ0n) is 16.8. The number of aliphatic hydroxyl groups excluding tert-OH is 1. The van der Waals surface area contributed by atoms with Crippen molar-refractivity contribution in [3.05, 3.63) is 84.4 Å². The Balaban J connectivity index is 1.41. The third kappa shape index (κ3) is 6.53. The number of anilines is 1. The molecule has 2 N–H and O–H groups in total. The largest absolute Gasteiger partial charge is 0.494 e. The van der Waals surface area contributed by atoms with Gasteiger partial charge in [-0.3, -0.25) is 4.79 Å². The van der Waals surface area contributed by atoms with E-state index >= 15 is 0 Å². The zero-order valence-corrected chi connectivity index (χ0v) is 16.8. The number of hydrogen-bond acceptors (Lipinski definition) is 5. The topological polar surface area (TPSA) is 77.0 Å². The highest BCUT2D eigenvalue weighted by molar-refractivity contribution is 6.04. The van der Waals surface area contributed by atoms with E-state index in [0.29, 0.717) is 29.4 Å². The Kier molecular flexibility index (Phi) is 7.69. The van der Waals surface area contributed by atoms with Crippen molar-refractivity contribution >= 4 is 11.6 Å². The van der Waals surface area contributed by atoms with Crippen molar-refractivity contribution in [3.63, 3.8) is 0 Å². The molecule has 0 unspecified atom stereocenters. The molecule has 0 saturated heterocycles. The molecule has 0 radical (unpaired) electrons. The maximum atomic E-state index is 12.2. The van der Waals surface area contributed by atoms with Crippen molar-refractivity contribution in [1.82, 2.24) is 0 Å². The van der Waals surface area contributed by atoms with Gasteiger partial charge in [-0.1, -0.05) is 18.2 Å². The lowest BCUT2D eigenvalue weighted by Crippen LogP contribution is -2.25. The van der Waals surface area contributed by atoms with Gasteiger partial charge in [-0.2, -0.15) is 0 Å². The first-order valence-corrected chi connectivity index (χ1v) is 9.77. The summed E-state index contributed by atoms with van der Waals surface area (Å²) >= 11 is 0. The van der Waals surface area contributed by atoms with Crippen LogP contribution in [0.2, 0.25) is 0 Å². The van der Waals surface area contributed by atoms with Crippen LogP contribution in [0.4, 0.5) is 5.69 Å². The van der Waals surface area contributed by atoms with Crippen molar-refractivity contribution in [2.24, 2.45) is 0 Å². The number of benzene rings is 3. The van der Waals surface area contributed by atoms with E-state index in [1.54, 1.807) is 48.5 Å². The Bertz CT molecular complexity index is 911. The second-order valence-electron chi connectivity index (χ2n) is 6.52. The summed E-state index contributed by atoms with van der Waals surface area (Å²) in [5.74, 6) is 1.84. The van der Waals surface area contributed by atoms with Gasteiger partial charge in [0.05, 0.1) is 6.61 Å². The second kappa shape index (κ2) is 10.9. The SMILES string of the molecule is CCOc1ccc(OC[C@@H](O)COc2ccc(NC(=O)c3ccccc3)cc2)cc1. The summed E-state index contributed by atoms with van der Waals surface area (Å²) in [4.78, 5) is 12.2. The Labute approximate surface area is 176 Å². The van der Waals surface area contributed by atoms with Gasteiger partial charge in [-0.15, -0.1) is 0 Å². The van der Waals surface area contributed by atoms with Crippen molar-refractivity contribution in [2.45, 2.75) is 13.0 Å². The molecule has 0 aromatic heterocycles. The highest BCUT2D eigenvalue weighted by atomic mass is 16.5. The first kappa shape index (κ1) is 21.2. The summed E-state index contributed by atoms with van der Waals surface area (Å²) in [5.41, 5.74) is 1.25. The summed E-state index contributed by atoms with van der Waals surface area (Å²) in [6.07, 6.45) is -0.783. The van der Waals surface area contributed by atoms with E-state index in [4.69, 9.17) is 14.2 Å². The van der Waals surface area contributed by atoms with Crippen molar-refractivity contribution in [3.8, 4) is 17.2 Å². The van der Waals surface area contributed by atoms with Crippen LogP contribution in [0.3, 0.4) is 0 Å². The number of amides is 1. The molecule has 0 aliphatic rings. The number of nitrogens with one attached hydrogen (secondary N) is 1. The molecule has 0 aliphatic heterocycles. The molecule has 0 fully saturated rings. The van der Waals surface area contributed by atoms with Gasteiger partial charge in [0.2, 0.25) is 0 Å². The fourth-order valence-electron chi connectivity index (χ4n) is 2.66. The molecule has 0 spiro atoms. The van der Waals surface area contributed by atoms with Gasteiger partial charge in [0.25, 0.3) is 5.91 Å². The van der Waals surface area contributed by atoms with E-state index in [1.807, 2.05) is 37.3 Å². The molecule has 3 aromatic rings. The normalized spacial score (nSPS) is 11.4. The standard InChI is InChI=1S/C24H25NO5/c1-2-28-21-12-14-23(15-13-21)30-17-20(26)16-29-22-10-8-19(9-11-22)25-24(27)18-6-4-3-5-7-18/h3-15,20,26H,2,16-17H2,1H3,(H,25,27)/t20-/m0/s1. The summed E-state index contributed by atoms with van der Waals surface area (Å²) in [6, 6.07) is 23.2. The van der Waals surface area contributed by atoms with E-state index in [2.05, 4.69) is 5.32 Å². The van der Waals surface area contributed by atoms with Crippen LogP contribution in [0.1, 0.15) is 17.3 Å². The van der Waals surface area contributed by atoms with Gasteiger partial charge in [0.15, 0.2) is 0 Å². The lowest BCUT2D eigenvalue weighted by Gasteiger charge is -2.14. The van der Waals surface area contributed by atoms with E-state index in [-0.39, 0.29) is 19.1 Å². The molecule has 156 valence electrons. The average Bonchev–Trinajstić information content (AvgIpc) is 2.79. The Morgan fingerprint density at radius 2 is 1.30 bits per heavy atom. The van der Waals surface area contributed by atoms with Crippen molar-refractivity contribution < 1.29 is 24.1 Å². The molecular formula is C24H25NO5. The second-order valence-corrected chi connectivity index (χ2v) is 6.52. The fraction of sp³-hybridized carbons (Fsp3) is 0.208. The number of aliphatic hydroxyl groups is 1. The maximum Gasteiger partial charge on any atom is 0.255 e. The summed E-state index contributed by atoms with van der Waals surface area (Å²) in [6.45, 7) is 2.73. The van der Waals surface area contributed by atoms with E-state index in [0.717, 1.165) is 5.75 Å². The van der Waals surface area contributed by atoms with Gasteiger partial charge in [0, 0.05) is 11.3 Å². The highest BCUT2D eigenvalue weighted by Crippen LogP contribution is 2.19. The molecule has 0 heterocycles. The van der Waals surface area contributed by atoms with Gasteiger partial charge in [0.1, 0.15) is 36.6 Å². The molecule has 30 heavy (non-hydrogen) atoms. The molecule has 1 atom stereocenters. The van der Waals surface area contributed by atoms with Gasteiger partial charge >= 0.3 is 0 Å². The Hall–Kier alpha value is -3.51. The van der Waals surface area contributed by atoms with Crippen LogP contribution < -0.4 is 19.5 Å². The number of hydrogen-bond donors (Lipinski definition) is 2.